The molecule has 1 aliphatic heterocycles. The fourth-order valence-corrected chi connectivity index (χ4v) is 3.33. The van der Waals surface area contributed by atoms with Crippen LogP contribution in [-0.4, -0.2) is 10.7 Å². The van der Waals surface area contributed by atoms with Gasteiger partial charge in [-0.3, -0.25) is 14.9 Å². The minimum absolute atomic E-state index is 0.0212. The summed E-state index contributed by atoms with van der Waals surface area (Å²) < 4.78 is 78.7. The van der Waals surface area contributed by atoms with Crippen LogP contribution in [0.3, 0.4) is 0 Å². The van der Waals surface area contributed by atoms with Gasteiger partial charge in [-0.1, -0.05) is 12.1 Å². The average molecular weight is 477 g/mol. The quantitative estimate of drug-likeness (QED) is 0.116. The number of ether oxygens (including phenoxy) is 2. The van der Waals surface area contributed by atoms with E-state index in [1.165, 1.54) is 49.4 Å². The van der Waals surface area contributed by atoms with Crippen molar-refractivity contribution in [2.24, 2.45) is 0 Å². The Hall–Kier alpha value is -4.28. The summed E-state index contributed by atoms with van der Waals surface area (Å²) in [6.45, 7) is 0.492. The Morgan fingerprint density at radius 2 is 1.65 bits per heavy atom. The lowest BCUT2D eigenvalue weighted by molar-refractivity contribution is -0.384. The number of nitrogens with zero attached hydrogens (tertiary/aromatic N) is 1. The number of halogens is 5. The second-order valence-electron chi connectivity index (χ2n) is 7.19. The number of benzene rings is 3. The molecular weight excluding hydrogens is 465 g/mol. The first-order chi connectivity index (χ1) is 16.1. The van der Waals surface area contributed by atoms with Crippen molar-refractivity contribution in [2.45, 2.75) is 13.5 Å². The van der Waals surface area contributed by atoms with E-state index in [1.807, 2.05) is 0 Å². The highest BCUT2D eigenvalue weighted by Gasteiger charge is 2.31. The molecule has 3 aromatic carbocycles. The molecule has 0 bridgehead atoms. The van der Waals surface area contributed by atoms with Crippen LogP contribution in [0.1, 0.15) is 27.0 Å². The van der Waals surface area contributed by atoms with E-state index in [1.54, 1.807) is 0 Å². The van der Waals surface area contributed by atoms with E-state index in [0.29, 0.717) is 5.56 Å². The molecule has 0 N–H and O–H groups in total. The summed E-state index contributed by atoms with van der Waals surface area (Å²) in [5.74, 6) is -11.1. The summed E-state index contributed by atoms with van der Waals surface area (Å²) in [7, 11) is 0. The molecule has 0 atom stereocenters. The van der Waals surface area contributed by atoms with E-state index in [2.05, 4.69) is 0 Å². The van der Waals surface area contributed by atoms with E-state index in [0.717, 1.165) is 0 Å². The first kappa shape index (κ1) is 22.9. The molecule has 0 radical (unpaired) electrons. The van der Waals surface area contributed by atoms with Crippen molar-refractivity contribution in [1.82, 2.24) is 0 Å². The van der Waals surface area contributed by atoms with Gasteiger partial charge in [0.05, 0.1) is 16.1 Å². The number of carbonyl (C=O) groups excluding carboxylic acids is 1. The molecule has 6 nitrogen and oxygen atoms in total. The van der Waals surface area contributed by atoms with Crippen LogP contribution in [0, 0.1) is 46.1 Å². The predicted octanol–water partition coefficient (Wildman–Crippen LogP) is 5.79. The van der Waals surface area contributed by atoms with Crippen molar-refractivity contribution < 1.29 is 41.1 Å². The number of nitro groups is 1. The van der Waals surface area contributed by atoms with Crippen LogP contribution < -0.4 is 9.47 Å². The van der Waals surface area contributed by atoms with Crippen LogP contribution in [0.25, 0.3) is 6.08 Å². The first-order valence-corrected chi connectivity index (χ1v) is 9.55. The summed E-state index contributed by atoms with van der Waals surface area (Å²) in [6, 6.07) is 8.10. The summed E-state index contributed by atoms with van der Waals surface area (Å²) >= 11 is 0. The molecule has 0 amide bonds. The van der Waals surface area contributed by atoms with Crippen molar-refractivity contribution >= 4 is 17.5 Å². The normalized spacial score (nSPS) is 13.7. The molecule has 0 saturated carbocycles. The fraction of sp³-hybridized carbons (Fsp3) is 0.0870. The lowest BCUT2D eigenvalue weighted by Gasteiger charge is -2.13. The molecule has 3 aromatic rings. The largest absolute Gasteiger partial charge is 0.488 e. The van der Waals surface area contributed by atoms with Crippen molar-refractivity contribution in [3.8, 4) is 11.5 Å². The van der Waals surface area contributed by atoms with Gasteiger partial charge in [0.15, 0.2) is 29.0 Å². The number of allylic oxidation sites excluding steroid dienone is 1. The van der Waals surface area contributed by atoms with Crippen LogP contribution in [-0.2, 0) is 6.61 Å². The highest BCUT2D eigenvalue weighted by molar-refractivity contribution is 6.15. The molecule has 0 unspecified atom stereocenters. The van der Waals surface area contributed by atoms with Crippen molar-refractivity contribution in [1.29, 1.82) is 0 Å². The molecule has 11 heteroatoms. The van der Waals surface area contributed by atoms with Crippen LogP contribution in [0.2, 0.25) is 0 Å². The van der Waals surface area contributed by atoms with Gasteiger partial charge in [0.1, 0.15) is 18.1 Å². The van der Waals surface area contributed by atoms with Gasteiger partial charge >= 0.3 is 0 Å². The van der Waals surface area contributed by atoms with E-state index in [4.69, 9.17) is 9.47 Å². The lowest BCUT2D eigenvalue weighted by atomic mass is 10.1. The predicted molar refractivity (Wildman–Crippen MR) is 108 cm³/mol. The van der Waals surface area contributed by atoms with E-state index in [-0.39, 0.29) is 34.1 Å². The average Bonchev–Trinajstić information content (AvgIpc) is 3.13. The third kappa shape index (κ3) is 3.85. The number of hydrogen-bond donors (Lipinski definition) is 0. The Morgan fingerprint density at radius 1 is 1.00 bits per heavy atom. The maximum Gasteiger partial charge on any atom is 0.270 e. The topological polar surface area (TPSA) is 78.7 Å². The van der Waals surface area contributed by atoms with Gasteiger partial charge in [-0.25, -0.2) is 22.0 Å². The fourth-order valence-electron chi connectivity index (χ4n) is 3.33. The van der Waals surface area contributed by atoms with E-state index >= 15 is 0 Å². The number of rotatable bonds is 5. The minimum atomic E-state index is -2.28. The Balaban J connectivity index is 1.61. The first-order valence-electron chi connectivity index (χ1n) is 9.55. The smallest absolute Gasteiger partial charge is 0.270 e. The zero-order valence-corrected chi connectivity index (χ0v) is 17.1. The second-order valence-corrected chi connectivity index (χ2v) is 7.19. The molecule has 0 spiro atoms. The maximum absolute atomic E-state index is 13.9. The molecule has 4 rings (SSSR count). The number of nitro benzene ring substituents is 1. The van der Waals surface area contributed by atoms with Crippen LogP contribution in [0.4, 0.5) is 27.6 Å². The number of hydrogen-bond acceptors (Lipinski definition) is 5. The Labute approximate surface area is 188 Å². The third-order valence-electron chi connectivity index (χ3n) is 5.09. The van der Waals surface area contributed by atoms with Gasteiger partial charge in [0.25, 0.3) is 5.69 Å². The van der Waals surface area contributed by atoms with Crippen molar-refractivity contribution in [2.75, 3.05) is 0 Å². The molecule has 0 fully saturated rings. The van der Waals surface area contributed by atoms with Gasteiger partial charge in [0, 0.05) is 17.7 Å². The SMILES string of the molecule is Cc1c(OCc2c(F)c(F)c(F)c(F)c2F)ccc2c1O/C(=C\c1cccc([N+](=O)[O-])c1)C2=O. The number of fused-ring (bicyclic) bond motifs is 1. The molecule has 0 aliphatic carbocycles. The summed E-state index contributed by atoms with van der Waals surface area (Å²) in [5.41, 5.74) is -0.627. The number of non-ortho nitro benzene ring substituents is 1. The molecule has 1 heterocycles. The standard InChI is InChI=1S/C23H12F5NO5/c1-10-15(33-9-14-17(24)19(26)21(28)20(27)18(14)25)6-5-13-22(30)16(34-23(10)13)8-11-3-2-4-12(7-11)29(31)32/h2-8H,9H2,1H3/b16-8-. The summed E-state index contributed by atoms with van der Waals surface area (Å²) in [5, 5.41) is 10.9. The molecular formula is C23H12F5NO5. The van der Waals surface area contributed by atoms with Crippen molar-refractivity contribution in [3.63, 3.8) is 0 Å². The Bertz CT molecular complexity index is 1370. The van der Waals surface area contributed by atoms with E-state index < -0.39 is 52.0 Å². The van der Waals surface area contributed by atoms with Crippen LogP contribution in [0.5, 0.6) is 11.5 Å². The van der Waals surface area contributed by atoms with E-state index in [9.17, 15) is 36.9 Å². The summed E-state index contributed by atoms with van der Waals surface area (Å²) in [4.78, 5) is 23.0. The maximum atomic E-state index is 13.9. The number of Topliss-reactive ketones (excluding diaryl/α,β-unsaturated/α-hetero) is 1. The second kappa shape index (κ2) is 8.58. The van der Waals surface area contributed by atoms with Crippen LogP contribution in [0.15, 0.2) is 42.2 Å². The van der Waals surface area contributed by atoms with Gasteiger partial charge in [-0.15, -0.1) is 0 Å². The lowest BCUT2D eigenvalue weighted by Crippen LogP contribution is -2.10. The summed E-state index contributed by atoms with van der Waals surface area (Å²) in [6.07, 6.45) is 1.31. The zero-order chi connectivity index (χ0) is 24.7. The Morgan fingerprint density at radius 3 is 2.29 bits per heavy atom. The van der Waals surface area contributed by atoms with Gasteiger partial charge in [-0.05, 0) is 30.7 Å². The minimum Gasteiger partial charge on any atom is -0.488 e. The highest BCUT2D eigenvalue weighted by Crippen LogP contribution is 2.40. The van der Waals surface area contributed by atoms with Gasteiger partial charge in [-0.2, -0.15) is 0 Å². The number of ketones is 1. The van der Waals surface area contributed by atoms with Gasteiger partial charge < -0.3 is 9.47 Å². The Kier molecular flexibility index (Phi) is 5.78. The molecule has 174 valence electrons. The molecule has 1 aliphatic rings. The number of carbonyl (C=O) groups is 1. The zero-order valence-electron chi connectivity index (χ0n) is 17.1. The molecule has 0 saturated heterocycles. The molecule has 0 aromatic heterocycles. The highest BCUT2D eigenvalue weighted by atomic mass is 19.2. The van der Waals surface area contributed by atoms with Gasteiger partial charge in [0.2, 0.25) is 11.6 Å². The van der Waals surface area contributed by atoms with Crippen LogP contribution >= 0.6 is 0 Å². The molecule has 34 heavy (non-hydrogen) atoms. The monoisotopic (exact) mass is 477 g/mol. The third-order valence-corrected chi connectivity index (χ3v) is 5.09. The van der Waals surface area contributed by atoms with Crippen molar-refractivity contribution in [3.05, 3.63) is 104 Å².